The molecule has 2 saturated heterocycles. The highest BCUT2D eigenvalue weighted by molar-refractivity contribution is 5.96. The molecule has 4 rings (SSSR count). The number of nitrogens with one attached hydrogen (secondary N) is 1. The number of carbonyl (C=O) groups is 2. The number of aryl methyl sites for hydroxylation is 2. The molecule has 3 fully saturated rings. The van der Waals surface area contributed by atoms with Gasteiger partial charge in [0.2, 0.25) is 5.91 Å². The van der Waals surface area contributed by atoms with Crippen LogP contribution in [0.15, 0.2) is 4.52 Å². The van der Waals surface area contributed by atoms with E-state index in [0.717, 1.165) is 64.7 Å². The van der Waals surface area contributed by atoms with Gasteiger partial charge in [0.1, 0.15) is 11.3 Å². The molecule has 2 aliphatic heterocycles. The Labute approximate surface area is 160 Å². The number of hydrogen-bond acceptors (Lipinski definition) is 5. The van der Waals surface area contributed by atoms with E-state index in [1.54, 1.807) is 6.92 Å². The summed E-state index contributed by atoms with van der Waals surface area (Å²) >= 11 is 0. The van der Waals surface area contributed by atoms with Gasteiger partial charge in [-0.05, 0) is 58.9 Å². The van der Waals surface area contributed by atoms with Crippen LogP contribution in [-0.2, 0) is 4.79 Å². The fourth-order valence-corrected chi connectivity index (χ4v) is 4.48. The molecule has 27 heavy (non-hydrogen) atoms. The van der Waals surface area contributed by atoms with Gasteiger partial charge in [0, 0.05) is 31.7 Å². The molecule has 7 heteroatoms. The third kappa shape index (κ3) is 4.03. The molecule has 0 spiro atoms. The number of carbonyl (C=O) groups excluding carboxylic acids is 2. The lowest BCUT2D eigenvalue weighted by Crippen LogP contribution is -2.51. The molecule has 0 bridgehead atoms. The average molecular weight is 374 g/mol. The smallest absolute Gasteiger partial charge is 0.259 e. The molecular weight excluding hydrogens is 344 g/mol. The fraction of sp³-hybridized carbons (Fsp3) is 0.750. The van der Waals surface area contributed by atoms with E-state index in [4.69, 9.17) is 4.52 Å². The molecule has 7 nitrogen and oxygen atoms in total. The number of piperidine rings is 2. The summed E-state index contributed by atoms with van der Waals surface area (Å²) in [7, 11) is 0. The van der Waals surface area contributed by atoms with Gasteiger partial charge in [-0.2, -0.15) is 0 Å². The van der Waals surface area contributed by atoms with Gasteiger partial charge < -0.3 is 14.7 Å². The maximum absolute atomic E-state index is 12.8. The van der Waals surface area contributed by atoms with Crippen LogP contribution in [0.1, 0.15) is 60.3 Å². The molecule has 0 aromatic carbocycles. The van der Waals surface area contributed by atoms with Crippen LogP contribution in [0.4, 0.5) is 0 Å². The fourth-order valence-electron chi connectivity index (χ4n) is 4.48. The Kier molecular flexibility index (Phi) is 5.21. The van der Waals surface area contributed by atoms with Gasteiger partial charge in [-0.3, -0.25) is 14.5 Å². The number of hydrogen-bond donors (Lipinski definition) is 1. The highest BCUT2D eigenvalue weighted by Gasteiger charge is 2.35. The van der Waals surface area contributed by atoms with Crippen LogP contribution in [0.25, 0.3) is 0 Å². The van der Waals surface area contributed by atoms with E-state index < -0.39 is 0 Å². The normalized spacial score (nSPS) is 24.8. The van der Waals surface area contributed by atoms with Crippen LogP contribution in [0.5, 0.6) is 0 Å². The van der Waals surface area contributed by atoms with Gasteiger partial charge in [0.05, 0.1) is 11.6 Å². The van der Waals surface area contributed by atoms with E-state index in [0.29, 0.717) is 29.1 Å². The molecule has 1 saturated carbocycles. The van der Waals surface area contributed by atoms with Gasteiger partial charge in [-0.15, -0.1) is 0 Å². The molecule has 3 heterocycles. The molecule has 1 atom stereocenters. The Balaban J connectivity index is 1.30. The van der Waals surface area contributed by atoms with Crippen LogP contribution < -0.4 is 5.32 Å². The van der Waals surface area contributed by atoms with Crippen molar-refractivity contribution in [1.29, 1.82) is 0 Å². The highest BCUT2D eigenvalue weighted by Crippen LogP contribution is 2.27. The third-order valence-electron chi connectivity index (χ3n) is 6.26. The lowest BCUT2D eigenvalue weighted by molar-refractivity contribution is -0.127. The Morgan fingerprint density at radius 2 is 1.81 bits per heavy atom. The van der Waals surface area contributed by atoms with Gasteiger partial charge in [-0.25, -0.2) is 0 Å². The zero-order valence-corrected chi connectivity index (χ0v) is 16.4. The number of likely N-dealkylation sites (tertiary alicyclic amines) is 2. The van der Waals surface area contributed by atoms with Gasteiger partial charge in [0.25, 0.3) is 5.91 Å². The van der Waals surface area contributed by atoms with E-state index >= 15 is 0 Å². The maximum atomic E-state index is 12.8. The van der Waals surface area contributed by atoms with E-state index in [1.165, 1.54) is 0 Å². The van der Waals surface area contributed by atoms with Crippen molar-refractivity contribution in [3.05, 3.63) is 17.0 Å². The van der Waals surface area contributed by atoms with Gasteiger partial charge >= 0.3 is 0 Å². The SMILES string of the molecule is Cc1noc(C)c1C(=O)N1CCC(N2CCC[C@H](C(=O)NC3CC3)C2)CC1. The molecule has 0 unspecified atom stereocenters. The maximum Gasteiger partial charge on any atom is 0.259 e. The van der Waals surface area contributed by atoms with Crippen molar-refractivity contribution in [3.63, 3.8) is 0 Å². The number of aromatic nitrogens is 1. The largest absolute Gasteiger partial charge is 0.361 e. The van der Waals surface area contributed by atoms with E-state index in [-0.39, 0.29) is 17.7 Å². The Bertz CT molecular complexity index is 685. The highest BCUT2D eigenvalue weighted by atomic mass is 16.5. The minimum atomic E-state index is 0.0324. The second kappa shape index (κ2) is 7.62. The van der Waals surface area contributed by atoms with Crippen LogP contribution in [0.3, 0.4) is 0 Å². The predicted molar refractivity (Wildman–Crippen MR) is 100 cm³/mol. The van der Waals surface area contributed by atoms with Crippen LogP contribution in [-0.4, -0.2) is 65.0 Å². The van der Waals surface area contributed by atoms with Crippen molar-refractivity contribution in [2.75, 3.05) is 26.2 Å². The van der Waals surface area contributed by atoms with E-state index in [9.17, 15) is 9.59 Å². The van der Waals surface area contributed by atoms with Crippen molar-refractivity contribution < 1.29 is 14.1 Å². The van der Waals surface area contributed by atoms with Crippen molar-refractivity contribution in [1.82, 2.24) is 20.3 Å². The molecule has 0 radical (unpaired) electrons. The monoisotopic (exact) mass is 374 g/mol. The first-order valence-electron chi connectivity index (χ1n) is 10.3. The minimum absolute atomic E-state index is 0.0324. The number of rotatable bonds is 4. The molecule has 1 aromatic rings. The van der Waals surface area contributed by atoms with Crippen molar-refractivity contribution in [2.24, 2.45) is 5.92 Å². The zero-order valence-electron chi connectivity index (χ0n) is 16.4. The van der Waals surface area contributed by atoms with Crippen molar-refractivity contribution in [2.45, 2.75) is 64.5 Å². The minimum Gasteiger partial charge on any atom is -0.361 e. The van der Waals surface area contributed by atoms with Crippen LogP contribution in [0, 0.1) is 19.8 Å². The summed E-state index contributed by atoms with van der Waals surface area (Å²) in [5.74, 6) is 1.000. The van der Waals surface area contributed by atoms with E-state index in [2.05, 4.69) is 15.4 Å². The van der Waals surface area contributed by atoms with E-state index in [1.807, 2.05) is 11.8 Å². The second-order valence-electron chi connectivity index (χ2n) is 8.34. The summed E-state index contributed by atoms with van der Waals surface area (Å²) in [6.07, 6.45) is 6.29. The number of nitrogens with zero attached hydrogens (tertiary/aromatic N) is 3. The first-order chi connectivity index (χ1) is 13.0. The molecule has 1 aromatic heterocycles. The van der Waals surface area contributed by atoms with Crippen molar-refractivity contribution >= 4 is 11.8 Å². The molecule has 148 valence electrons. The van der Waals surface area contributed by atoms with Gasteiger partial charge in [0.15, 0.2) is 0 Å². The molecular formula is C20H30N4O3. The van der Waals surface area contributed by atoms with Crippen molar-refractivity contribution in [3.8, 4) is 0 Å². The Morgan fingerprint density at radius 3 is 2.44 bits per heavy atom. The lowest BCUT2D eigenvalue weighted by atomic mass is 9.93. The first-order valence-corrected chi connectivity index (χ1v) is 10.3. The average Bonchev–Trinajstić information content (AvgIpc) is 3.44. The topological polar surface area (TPSA) is 78.7 Å². The lowest BCUT2D eigenvalue weighted by Gasteiger charge is -2.42. The number of amides is 2. The predicted octanol–water partition coefficient (Wildman–Crippen LogP) is 1.89. The Morgan fingerprint density at radius 1 is 1.07 bits per heavy atom. The summed E-state index contributed by atoms with van der Waals surface area (Å²) in [6.45, 7) is 7.04. The van der Waals surface area contributed by atoms with Crippen LogP contribution in [0.2, 0.25) is 0 Å². The zero-order chi connectivity index (χ0) is 19.0. The first kappa shape index (κ1) is 18.5. The summed E-state index contributed by atoms with van der Waals surface area (Å²) in [4.78, 5) is 29.6. The molecule has 1 aliphatic carbocycles. The van der Waals surface area contributed by atoms with Crippen LogP contribution >= 0.6 is 0 Å². The molecule has 1 N–H and O–H groups in total. The second-order valence-corrected chi connectivity index (χ2v) is 8.34. The molecule has 2 amide bonds. The standard InChI is InChI=1S/C20H30N4O3/c1-13-18(14(2)27-22-13)20(26)23-10-7-17(8-11-23)24-9-3-4-15(12-24)19(25)21-16-5-6-16/h15-17H,3-12H2,1-2H3,(H,21,25)/t15-/m0/s1. The quantitative estimate of drug-likeness (QED) is 0.871. The summed E-state index contributed by atoms with van der Waals surface area (Å²) < 4.78 is 5.15. The molecule has 3 aliphatic rings. The summed E-state index contributed by atoms with van der Waals surface area (Å²) in [5, 5.41) is 7.06. The Hall–Kier alpha value is -1.89. The summed E-state index contributed by atoms with van der Waals surface area (Å²) in [6, 6.07) is 0.904. The van der Waals surface area contributed by atoms with Gasteiger partial charge in [-0.1, -0.05) is 5.16 Å². The summed E-state index contributed by atoms with van der Waals surface area (Å²) in [5.41, 5.74) is 1.28. The third-order valence-corrected chi connectivity index (χ3v) is 6.26.